The lowest BCUT2D eigenvalue weighted by atomic mass is 9.96. The van der Waals surface area contributed by atoms with Gasteiger partial charge in [-0.05, 0) is 30.5 Å². The van der Waals surface area contributed by atoms with E-state index in [0.717, 1.165) is 43.7 Å². The Kier molecular flexibility index (Phi) is 9.06. The maximum absolute atomic E-state index is 13.7. The predicted molar refractivity (Wildman–Crippen MR) is 87.6 cm³/mol. The number of piperazine rings is 1. The molecule has 1 aliphatic heterocycles. The molecule has 0 unspecified atom stereocenters. The summed E-state index contributed by atoms with van der Waals surface area (Å²) in [6.45, 7) is 9.72. The van der Waals surface area contributed by atoms with Crippen LogP contribution in [0.2, 0.25) is 0 Å². The largest absolute Gasteiger partial charge is 0.314 e. The number of hydrogen-bond donors (Lipinski definition) is 1. The van der Waals surface area contributed by atoms with Crippen molar-refractivity contribution >= 4 is 24.8 Å². The van der Waals surface area contributed by atoms with Crippen molar-refractivity contribution in [3.8, 4) is 0 Å². The summed E-state index contributed by atoms with van der Waals surface area (Å²) < 4.78 is 13.7. The maximum atomic E-state index is 13.7. The third kappa shape index (κ3) is 4.45. The summed E-state index contributed by atoms with van der Waals surface area (Å²) in [5, 5.41) is 3.35. The van der Waals surface area contributed by atoms with Gasteiger partial charge in [0.2, 0.25) is 0 Å². The molecule has 1 atom stereocenters. The Labute approximate surface area is 133 Å². The second-order valence-electron chi connectivity index (χ2n) is 4.78. The van der Waals surface area contributed by atoms with Crippen LogP contribution in [0.15, 0.2) is 30.9 Å². The lowest BCUT2D eigenvalue weighted by Crippen LogP contribution is -2.45. The van der Waals surface area contributed by atoms with Crippen LogP contribution in [-0.4, -0.2) is 31.1 Å². The van der Waals surface area contributed by atoms with Crippen LogP contribution < -0.4 is 5.32 Å². The average Bonchev–Trinajstić information content (AvgIpc) is 2.41. The monoisotopic (exact) mass is 320 g/mol. The lowest BCUT2D eigenvalue weighted by molar-refractivity contribution is 0.173. The highest BCUT2D eigenvalue weighted by Crippen LogP contribution is 2.28. The zero-order valence-corrected chi connectivity index (χ0v) is 13.4. The highest BCUT2D eigenvalue weighted by atomic mass is 35.5. The van der Waals surface area contributed by atoms with Crippen molar-refractivity contribution in [2.45, 2.75) is 19.4 Å². The van der Waals surface area contributed by atoms with Gasteiger partial charge in [0.25, 0.3) is 0 Å². The summed E-state index contributed by atoms with van der Waals surface area (Å²) in [5.41, 5.74) is 1.86. The summed E-state index contributed by atoms with van der Waals surface area (Å²) in [5.74, 6) is -0.114. The van der Waals surface area contributed by atoms with Crippen LogP contribution in [0.1, 0.15) is 23.6 Å². The Balaban J connectivity index is 0.00000180. The molecule has 20 heavy (non-hydrogen) atoms. The van der Waals surface area contributed by atoms with Gasteiger partial charge in [0, 0.05) is 32.2 Å². The van der Waals surface area contributed by atoms with E-state index in [1.807, 2.05) is 19.1 Å². The van der Waals surface area contributed by atoms with Gasteiger partial charge in [0.05, 0.1) is 0 Å². The Morgan fingerprint density at radius 2 is 2.00 bits per heavy atom. The lowest BCUT2D eigenvalue weighted by Gasteiger charge is -2.35. The third-order valence-electron chi connectivity index (χ3n) is 3.65. The molecule has 1 aromatic carbocycles. The van der Waals surface area contributed by atoms with Gasteiger partial charge in [-0.3, -0.25) is 4.90 Å². The third-order valence-corrected chi connectivity index (χ3v) is 3.65. The molecule has 1 aromatic rings. The molecule has 0 amide bonds. The summed E-state index contributed by atoms with van der Waals surface area (Å²) in [7, 11) is 0. The van der Waals surface area contributed by atoms with Crippen LogP contribution in [0.25, 0.3) is 0 Å². The molecule has 5 heteroatoms. The number of nitrogens with zero attached hydrogens (tertiary/aromatic N) is 1. The molecule has 1 heterocycles. The highest BCUT2D eigenvalue weighted by molar-refractivity contribution is 5.85. The summed E-state index contributed by atoms with van der Waals surface area (Å²) in [6.07, 6.45) is 2.79. The van der Waals surface area contributed by atoms with Crippen molar-refractivity contribution in [3.63, 3.8) is 0 Å². The van der Waals surface area contributed by atoms with Crippen LogP contribution in [0, 0.1) is 12.7 Å². The molecule has 1 saturated heterocycles. The van der Waals surface area contributed by atoms with E-state index < -0.39 is 0 Å². The van der Waals surface area contributed by atoms with Crippen LogP contribution in [-0.2, 0) is 0 Å². The first-order valence-electron chi connectivity index (χ1n) is 6.54. The minimum Gasteiger partial charge on any atom is -0.314 e. The van der Waals surface area contributed by atoms with Crippen molar-refractivity contribution in [1.82, 2.24) is 10.2 Å². The highest BCUT2D eigenvalue weighted by Gasteiger charge is 2.23. The molecule has 0 aromatic heterocycles. The van der Waals surface area contributed by atoms with Gasteiger partial charge in [0.15, 0.2) is 0 Å². The maximum Gasteiger partial charge on any atom is 0.126 e. The molecule has 0 radical (unpaired) electrons. The molecular weight excluding hydrogens is 298 g/mol. The van der Waals surface area contributed by atoms with E-state index in [1.54, 1.807) is 6.07 Å². The molecule has 0 saturated carbocycles. The van der Waals surface area contributed by atoms with Gasteiger partial charge in [-0.1, -0.05) is 18.2 Å². The van der Waals surface area contributed by atoms with Crippen molar-refractivity contribution in [1.29, 1.82) is 0 Å². The Morgan fingerprint density at radius 3 is 2.60 bits per heavy atom. The Morgan fingerprint density at radius 1 is 1.35 bits per heavy atom. The molecule has 0 bridgehead atoms. The topological polar surface area (TPSA) is 15.3 Å². The van der Waals surface area contributed by atoms with Gasteiger partial charge >= 0.3 is 0 Å². The number of benzene rings is 1. The number of halogens is 3. The second kappa shape index (κ2) is 9.35. The molecule has 0 aliphatic carbocycles. The minimum absolute atomic E-state index is 0. The van der Waals surface area contributed by atoms with Gasteiger partial charge in [0.1, 0.15) is 5.82 Å². The van der Waals surface area contributed by atoms with Crippen LogP contribution >= 0.6 is 24.8 Å². The molecule has 1 aliphatic rings. The second-order valence-corrected chi connectivity index (χ2v) is 4.78. The Hall–Kier alpha value is -0.610. The van der Waals surface area contributed by atoms with E-state index in [9.17, 15) is 4.39 Å². The van der Waals surface area contributed by atoms with E-state index in [1.165, 1.54) is 6.07 Å². The molecule has 1 N–H and O–H groups in total. The van der Waals surface area contributed by atoms with Gasteiger partial charge < -0.3 is 5.32 Å². The zero-order valence-electron chi connectivity index (χ0n) is 11.8. The molecule has 0 spiro atoms. The number of rotatable bonds is 4. The summed E-state index contributed by atoms with van der Waals surface area (Å²) >= 11 is 0. The van der Waals surface area contributed by atoms with E-state index in [0.29, 0.717) is 0 Å². The molecule has 114 valence electrons. The van der Waals surface area contributed by atoms with Crippen molar-refractivity contribution in [2.24, 2.45) is 0 Å². The SMILES string of the molecule is C=CC[C@H](c1cccc(F)c1C)N1CCNCC1.Cl.Cl. The first-order valence-corrected chi connectivity index (χ1v) is 6.54. The van der Waals surface area contributed by atoms with E-state index in [4.69, 9.17) is 0 Å². The molecular formula is C15H23Cl2FN2. The molecule has 2 nitrogen and oxygen atoms in total. The fraction of sp³-hybridized carbons (Fsp3) is 0.467. The minimum atomic E-state index is -0.114. The smallest absolute Gasteiger partial charge is 0.126 e. The van der Waals surface area contributed by atoms with Gasteiger partial charge in [-0.15, -0.1) is 31.4 Å². The fourth-order valence-electron chi connectivity index (χ4n) is 2.61. The first-order chi connectivity index (χ1) is 8.74. The van der Waals surface area contributed by atoms with Gasteiger partial charge in [-0.25, -0.2) is 4.39 Å². The first kappa shape index (κ1) is 19.4. The van der Waals surface area contributed by atoms with E-state index in [2.05, 4.69) is 16.8 Å². The number of hydrogen-bond acceptors (Lipinski definition) is 2. The van der Waals surface area contributed by atoms with E-state index in [-0.39, 0.29) is 36.7 Å². The number of nitrogens with one attached hydrogen (secondary N) is 1. The quantitative estimate of drug-likeness (QED) is 0.854. The molecule has 1 fully saturated rings. The summed E-state index contributed by atoms with van der Waals surface area (Å²) in [6, 6.07) is 5.62. The normalized spacial score (nSPS) is 16.7. The zero-order chi connectivity index (χ0) is 13.0. The van der Waals surface area contributed by atoms with Crippen LogP contribution in [0.4, 0.5) is 4.39 Å². The van der Waals surface area contributed by atoms with Crippen LogP contribution in [0.3, 0.4) is 0 Å². The standard InChI is InChI=1S/C15H21FN2.2ClH/c1-3-5-15(18-10-8-17-9-11-18)13-6-4-7-14(16)12(13)2;;/h3-4,6-7,15,17H,1,5,8-11H2,2H3;2*1H/t15-;;/m1../s1. The van der Waals surface area contributed by atoms with Crippen molar-refractivity contribution < 1.29 is 4.39 Å². The molecule has 2 rings (SSSR count). The fourth-order valence-corrected chi connectivity index (χ4v) is 2.61. The Bertz CT molecular complexity index is 420. The summed E-state index contributed by atoms with van der Waals surface area (Å²) in [4.78, 5) is 2.42. The van der Waals surface area contributed by atoms with Crippen molar-refractivity contribution in [3.05, 3.63) is 47.8 Å². The average molecular weight is 321 g/mol. The predicted octanol–water partition coefficient (Wildman–Crippen LogP) is 3.50. The van der Waals surface area contributed by atoms with E-state index >= 15 is 0 Å². The van der Waals surface area contributed by atoms with Crippen molar-refractivity contribution in [2.75, 3.05) is 26.2 Å². The van der Waals surface area contributed by atoms with Crippen LogP contribution in [0.5, 0.6) is 0 Å². The van der Waals surface area contributed by atoms with Gasteiger partial charge in [-0.2, -0.15) is 0 Å².